The zero-order chi connectivity index (χ0) is 26.5. The van der Waals surface area contributed by atoms with Crippen LogP contribution in [0.3, 0.4) is 0 Å². The first-order valence-electron chi connectivity index (χ1n) is 11.2. The molecule has 2 unspecified atom stereocenters. The van der Waals surface area contributed by atoms with Crippen molar-refractivity contribution >= 4 is 29.1 Å². The molecule has 0 aliphatic carbocycles. The molecule has 36 heavy (non-hydrogen) atoms. The molecule has 4 nitrogen and oxygen atoms in total. The summed E-state index contributed by atoms with van der Waals surface area (Å²) in [6.07, 6.45) is -7.52. The van der Waals surface area contributed by atoms with Crippen LogP contribution in [-0.4, -0.2) is 38.3 Å². The molecule has 198 valence electrons. The molecule has 1 heterocycles. The van der Waals surface area contributed by atoms with Gasteiger partial charge in [-0.05, 0) is 61.7 Å². The maximum atomic E-state index is 13.2. The lowest BCUT2D eigenvalue weighted by Crippen LogP contribution is -2.32. The maximum absolute atomic E-state index is 13.2. The summed E-state index contributed by atoms with van der Waals surface area (Å²) in [6, 6.07) is 5.69. The second-order valence-corrected chi connectivity index (χ2v) is 9.32. The van der Waals surface area contributed by atoms with E-state index in [1.54, 1.807) is 18.2 Å². The van der Waals surface area contributed by atoms with Crippen molar-refractivity contribution < 1.29 is 35.9 Å². The Morgan fingerprint density at radius 1 is 1.00 bits per heavy atom. The number of halogens is 8. The van der Waals surface area contributed by atoms with Crippen LogP contribution in [0.4, 0.5) is 26.3 Å². The molecule has 2 atom stereocenters. The van der Waals surface area contributed by atoms with Gasteiger partial charge in [-0.3, -0.25) is 4.79 Å². The van der Waals surface area contributed by atoms with Gasteiger partial charge in [0.05, 0.1) is 27.3 Å². The number of benzene rings is 2. The van der Waals surface area contributed by atoms with Gasteiger partial charge in [0.15, 0.2) is 0 Å². The molecule has 0 bridgehead atoms. The van der Waals surface area contributed by atoms with E-state index < -0.39 is 35.0 Å². The summed E-state index contributed by atoms with van der Waals surface area (Å²) < 4.78 is 84.5. The van der Waals surface area contributed by atoms with E-state index in [2.05, 4.69) is 10.6 Å². The summed E-state index contributed by atoms with van der Waals surface area (Å²) in [4.78, 5) is 12.6. The van der Waals surface area contributed by atoms with Gasteiger partial charge >= 0.3 is 12.4 Å². The van der Waals surface area contributed by atoms with Gasteiger partial charge in [-0.25, -0.2) is 0 Å². The monoisotopic (exact) mass is 556 g/mol. The quantitative estimate of drug-likeness (QED) is 0.267. The van der Waals surface area contributed by atoms with Crippen LogP contribution in [0.5, 0.6) is 0 Å². The van der Waals surface area contributed by atoms with Crippen molar-refractivity contribution in [1.82, 2.24) is 10.6 Å². The van der Waals surface area contributed by atoms with Crippen LogP contribution < -0.4 is 10.6 Å². The number of amides is 1. The molecule has 3 rings (SSSR count). The van der Waals surface area contributed by atoms with Crippen LogP contribution in [0.15, 0.2) is 36.4 Å². The Bertz CT molecular complexity index is 1020. The second kappa shape index (κ2) is 12.0. The first-order chi connectivity index (χ1) is 16.8. The number of hydrogen-bond acceptors (Lipinski definition) is 3. The molecule has 1 saturated heterocycles. The molecule has 1 aliphatic heterocycles. The number of hydrogen-bond donors (Lipinski definition) is 2. The first kappa shape index (κ1) is 28.6. The van der Waals surface area contributed by atoms with Crippen LogP contribution in [-0.2, 0) is 17.1 Å². The molecule has 1 amide bonds. The molecule has 2 N–H and O–H groups in total. The van der Waals surface area contributed by atoms with E-state index in [-0.39, 0.29) is 29.7 Å². The standard InChI is InChI=1S/C24H24Cl2F6N2O2/c25-20-4-3-14(10-21(20)26)15(5-6-33-13-19-2-1-7-36-19)12-34-22(35)16-8-17(23(27,28)29)11-18(9-16)24(30,31)32/h3-4,8-11,15,19,33H,1-2,5-7,12-13H2,(H,34,35). The molecule has 0 radical (unpaired) electrons. The minimum atomic E-state index is -5.05. The highest BCUT2D eigenvalue weighted by Gasteiger charge is 2.37. The predicted octanol–water partition coefficient (Wildman–Crippen LogP) is 6.70. The van der Waals surface area contributed by atoms with Crippen molar-refractivity contribution in [3.8, 4) is 0 Å². The van der Waals surface area contributed by atoms with E-state index in [9.17, 15) is 31.1 Å². The van der Waals surface area contributed by atoms with Gasteiger partial charge < -0.3 is 15.4 Å². The van der Waals surface area contributed by atoms with Gasteiger partial charge in [0.25, 0.3) is 5.91 Å². The molecule has 0 saturated carbocycles. The Hall–Kier alpha value is -2.01. The topological polar surface area (TPSA) is 50.4 Å². The van der Waals surface area contributed by atoms with Crippen molar-refractivity contribution in [2.24, 2.45) is 0 Å². The molecular weight excluding hydrogens is 533 g/mol. The van der Waals surface area contributed by atoms with E-state index in [1.165, 1.54) is 0 Å². The molecule has 12 heteroatoms. The highest BCUT2D eigenvalue weighted by atomic mass is 35.5. The van der Waals surface area contributed by atoms with Crippen LogP contribution >= 0.6 is 23.2 Å². The third kappa shape index (κ3) is 7.99. The number of carbonyl (C=O) groups excluding carboxylic acids is 1. The zero-order valence-corrected chi connectivity index (χ0v) is 20.4. The summed E-state index contributed by atoms with van der Waals surface area (Å²) in [7, 11) is 0. The van der Waals surface area contributed by atoms with Gasteiger partial charge in [0, 0.05) is 31.2 Å². The predicted molar refractivity (Wildman–Crippen MR) is 124 cm³/mol. The Balaban J connectivity index is 1.74. The summed E-state index contributed by atoms with van der Waals surface area (Å²) in [5, 5.41) is 6.35. The van der Waals surface area contributed by atoms with E-state index in [0.717, 1.165) is 19.4 Å². The van der Waals surface area contributed by atoms with E-state index in [4.69, 9.17) is 27.9 Å². The van der Waals surface area contributed by atoms with Crippen molar-refractivity contribution in [2.45, 2.75) is 43.6 Å². The largest absolute Gasteiger partial charge is 0.416 e. The SMILES string of the molecule is O=C(NCC(CCNCC1CCCO1)c1ccc(Cl)c(Cl)c1)c1cc(C(F)(F)F)cc(C(F)(F)F)c1. The molecule has 1 aliphatic rings. The molecule has 2 aromatic rings. The van der Waals surface area contributed by atoms with Gasteiger partial charge in [0.1, 0.15) is 0 Å². The third-order valence-electron chi connectivity index (χ3n) is 5.84. The van der Waals surface area contributed by atoms with Crippen molar-refractivity contribution in [1.29, 1.82) is 0 Å². The number of nitrogens with one attached hydrogen (secondary N) is 2. The lowest BCUT2D eigenvalue weighted by molar-refractivity contribution is -0.143. The fourth-order valence-electron chi connectivity index (χ4n) is 3.90. The highest BCUT2D eigenvalue weighted by molar-refractivity contribution is 6.42. The Kier molecular flexibility index (Phi) is 9.54. The fourth-order valence-corrected chi connectivity index (χ4v) is 4.21. The molecular formula is C24H24Cl2F6N2O2. The van der Waals surface area contributed by atoms with Gasteiger partial charge in [-0.2, -0.15) is 26.3 Å². The number of alkyl halides is 6. The van der Waals surface area contributed by atoms with Crippen molar-refractivity contribution in [3.63, 3.8) is 0 Å². The van der Waals surface area contributed by atoms with E-state index >= 15 is 0 Å². The molecule has 2 aromatic carbocycles. The maximum Gasteiger partial charge on any atom is 0.416 e. The minimum Gasteiger partial charge on any atom is -0.377 e. The second-order valence-electron chi connectivity index (χ2n) is 8.50. The summed E-state index contributed by atoms with van der Waals surface area (Å²) in [6.45, 7) is 1.85. The van der Waals surface area contributed by atoms with Crippen LogP contribution in [0.25, 0.3) is 0 Å². The van der Waals surface area contributed by atoms with Crippen molar-refractivity contribution in [2.75, 3.05) is 26.2 Å². The van der Waals surface area contributed by atoms with E-state index in [0.29, 0.717) is 42.2 Å². The first-order valence-corrected chi connectivity index (χ1v) is 11.9. The fraction of sp³-hybridized carbons (Fsp3) is 0.458. The average molecular weight is 557 g/mol. The normalized spacial score (nSPS) is 17.3. The Labute approximate surface area is 214 Å². The summed E-state index contributed by atoms with van der Waals surface area (Å²) >= 11 is 12.1. The van der Waals surface area contributed by atoms with Gasteiger partial charge in [-0.15, -0.1) is 0 Å². The van der Waals surface area contributed by atoms with E-state index in [1.807, 2.05) is 0 Å². The number of rotatable bonds is 9. The highest BCUT2D eigenvalue weighted by Crippen LogP contribution is 2.36. The smallest absolute Gasteiger partial charge is 0.377 e. The number of carbonyl (C=O) groups is 1. The van der Waals surface area contributed by atoms with Crippen LogP contribution in [0.1, 0.15) is 52.2 Å². The average Bonchev–Trinajstić information content (AvgIpc) is 3.32. The minimum absolute atomic E-state index is 0.0188. The Morgan fingerprint density at radius 2 is 1.67 bits per heavy atom. The third-order valence-corrected chi connectivity index (χ3v) is 6.58. The lowest BCUT2D eigenvalue weighted by atomic mass is 9.95. The lowest BCUT2D eigenvalue weighted by Gasteiger charge is -2.20. The molecule has 0 spiro atoms. The number of ether oxygens (including phenoxy) is 1. The van der Waals surface area contributed by atoms with Crippen LogP contribution in [0.2, 0.25) is 10.0 Å². The summed E-state index contributed by atoms with van der Waals surface area (Å²) in [5.41, 5.74) is -3.13. The zero-order valence-electron chi connectivity index (χ0n) is 18.9. The molecule has 0 aromatic heterocycles. The van der Waals surface area contributed by atoms with Gasteiger partial charge in [-0.1, -0.05) is 29.3 Å². The van der Waals surface area contributed by atoms with Crippen molar-refractivity contribution in [3.05, 3.63) is 68.7 Å². The van der Waals surface area contributed by atoms with Gasteiger partial charge in [0.2, 0.25) is 0 Å². The summed E-state index contributed by atoms with van der Waals surface area (Å²) in [5.74, 6) is -1.39. The van der Waals surface area contributed by atoms with Crippen LogP contribution in [0, 0.1) is 0 Å². The Morgan fingerprint density at radius 3 is 2.22 bits per heavy atom. The molecule has 1 fully saturated rings.